The molecule has 1 saturated heterocycles. The summed E-state index contributed by atoms with van der Waals surface area (Å²) in [7, 11) is 0. The number of carbonyl (C=O) groups excluding carboxylic acids is 1. The average Bonchev–Trinajstić information content (AvgIpc) is 2.29. The molecule has 1 amide bonds. The number of benzene rings is 1. The Balaban J connectivity index is 2.01. The van der Waals surface area contributed by atoms with Gasteiger partial charge in [-0.3, -0.25) is 9.79 Å². The highest BCUT2D eigenvalue weighted by molar-refractivity contribution is 5.87. The smallest absolute Gasteiger partial charge is 0.244 e. The molecule has 0 bridgehead atoms. The number of piperidine rings is 1. The summed E-state index contributed by atoms with van der Waals surface area (Å²) in [6.07, 6.45) is 3.65. The van der Waals surface area contributed by atoms with Gasteiger partial charge in [0.15, 0.2) is 0 Å². The lowest BCUT2D eigenvalue weighted by Gasteiger charge is -2.17. The van der Waals surface area contributed by atoms with E-state index in [2.05, 4.69) is 10.3 Å². The standard InChI is InChI=1S/C12H14N2O/c15-12-11(7-4-8-13-12)14-9-10-5-2-1-3-6-10/h1-3,5-6,9,11H,4,7-8H2,(H,13,15)/t11-/m0/s1. The maximum absolute atomic E-state index is 11.4. The van der Waals surface area contributed by atoms with Crippen LogP contribution in [0.15, 0.2) is 35.3 Å². The molecule has 1 atom stereocenters. The number of hydrogen-bond acceptors (Lipinski definition) is 2. The fourth-order valence-electron chi connectivity index (χ4n) is 1.61. The van der Waals surface area contributed by atoms with Gasteiger partial charge in [0, 0.05) is 12.8 Å². The van der Waals surface area contributed by atoms with Gasteiger partial charge in [0.05, 0.1) is 0 Å². The number of hydrogen-bond donors (Lipinski definition) is 1. The van der Waals surface area contributed by atoms with Crippen LogP contribution in [0.4, 0.5) is 0 Å². The van der Waals surface area contributed by atoms with Crippen LogP contribution < -0.4 is 5.32 Å². The van der Waals surface area contributed by atoms with E-state index in [0.29, 0.717) is 0 Å². The van der Waals surface area contributed by atoms with Gasteiger partial charge in [0.1, 0.15) is 6.04 Å². The quantitative estimate of drug-likeness (QED) is 0.723. The number of aliphatic imine (C=N–C) groups is 1. The molecular formula is C12H14N2O. The SMILES string of the molecule is O=C1NCCC[C@@H]1N=Cc1ccccc1. The maximum atomic E-state index is 11.4. The van der Waals surface area contributed by atoms with Crippen molar-refractivity contribution in [2.24, 2.45) is 4.99 Å². The van der Waals surface area contributed by atoms with Gasteiger partial charge >= 0.3 is 0 Å². The fourth-order valence-corrected chi connectivity index (χ4v) is 1.61. The first-order valence-electron chi connectivity index (χ1n) is 5.22. The minimum absolute atomic E-state index is 0.0495. The Morgan fingerprint density at radius 3 is 2.87 bits per heavy atom. The molecule has 0 radical (unpaired) electrons. The minimum Gasteiger partial charge on any atom is -0.354 e. The summed E-state index contributed by atoms with van der Waals surface area (Å²) >= 11 is 0. The topological polar surface area (TPSA) is 41.5 Å². The van der Waals surface area contributed by atoms with E-state index < -0.39 is 0 Å². The van der Waals surface area contributed by atoms with E-state index in [1.165, 1.54) is 0 Å². The summed E-state index contributed by atoms with van der Waals surface area (Å²) < 4.78 is 0. The molecule has 78 valence electrons. The molecule has 0 spiro atoms. The van der Waals surface area contributed by atoms with Crippen molar-refractivity contribution in [1.29, 1.82) is 0 Å². The Bertz CT molecular complexity index is 359. The van der Waals surface area contributed by atoms with Crippen LogP contribution in [-0.4, -0.2) is 24.7 Å². The maximum Gasteiger partial charge on any atom is 0.244 e. The monoisotopic (exact) mass is 202 g/mol. The van der Waals surface area contributed by atoms with Gasteiger partial charge in [-0.25, -0.2) is 0 Å². The van der Waals surface area contributed by atoms with Gasteiger partial charge in [-0.2, -0.15) is 0 Å². The van der Waals surface area contributed by atoms with Crippen LogP contribution in [-0.2, 0) is 4.79 Å². The van der Waals surface area contributed by atoms with E-state index in [9.17, 15) is 4.79 Å². The Labute approximate surface area is 89.2 Å². The van der Waals surface area contributed by atoms with E-state index in [4.69, 9.17) is 0 Å². The number of rotatable bonds is 2. The first kappa shape index (κ1) is 9.90. The Kier molecular flexibility index (Phi) is 3.12. The summed E-state index contributed by atoms with van der Waals surface area (Å²) in [4.78, 5) is 15.7. The second-order valence-corrected chi connectivity index (χ2v) is 3.64. The molecule has 3 heteroatoms. The van der Waals surface area contributed by atoms with Crippen molar-refractivity contribution in [2.45, 2.75) is 18.9 Å². The summed E-state index contributed by atoms with van der Waals surface area (Å²) in [5.41, 5.74) is 1.04. The molecule has 3 nitrogen and oxygen atoms in total. The summed E-state index contributed by atoms with van der Waals surface area (Å²) in [5, 5.41) is 2.82. The Hall–Kier alpha value is -1.64. The highest BCUT2D eigenvalue weighted by Gasteiger charge is 2.19. The molecule has 1 fully saturated rings. The second-order valence-electron chi connectivity index (χ2n) is 3.64. The molecule has 15 heavy (non-hydrogen) atoms. The van der Waals surface area contributed by atoms with Crippen molar-refractivity contribution >= 4 is 12.1 Å². The molecule has 1 heterocycles. The Morgan fingerprint density at radius 1 is 1.33 bits per heavy atom. The molecule has 1 aromatic rings. The first-order chi connectivity index (χ1) is 7.36. The minimum atomic E-state index is -0.195. The zero-order valence-electron chi connectivity index (χ0n) is 8.52. The fraction of sp³-hybridized carbons (Fsp3) is 0.333. The van der Waals surface area contributed by atoms with Gasteiger partial charge in [0.2, 0.25) is 5.91 Å². The lowest BCUT2D eigenvalue weighted by molar-refractivity contribution is -0.123. The molecule has 0 aromatic heterocycles. The van der Waals surface area contributed by atoms with Crippen LogP contribution in [0.25, 0.3) is 0 Å². The predicted octanol–water partition coefficient (Wildman–Crippen LogP) is 1.38. The van der Waals surface area contributed by atoms with Crippen molar-refractivity contribution in [3.05, 3.63) is 35.9 Å². The van der Waals surface area contributed by atoms with Gasteiger partial charge in [-0.05, 0) is 18.4 Å². The predicted molar refractivity (Wildman–Crippen MR) is 60.1 cm³/mol. The number of nitrogens with zero attached hydrogens (tertiary/aromatic N) is 1. The molecule has 1 aliphatic heterocycles. The molecule has 0 saturated carbocycles. The largest absolute Gasteiger partial charge is 0.354 e. The zero-order valence-corrected chi connectivity index (χ0v) is 8.52. The van der Waals surface area contributed by atoms with E-state index in [-0.39, 0.29) is 11.9 Å². The summed E-state index contributed by atoms with van der Waals surface area (Å²) in [6, 6.07) is 9.64. The molecule has 1 aromatic carbocycles. The second kappa shape index (κ2) is 4.73. The zero-order chi connectivity index (χ0) is 10.5. The van der Waals surface area contributed by atoms with Gasteiger partial charge in [-0.1, -0.05) is 30.3 Å². The van der Waals surface area contributed by atoms with Crippen LogP contribution in [0.5, 0.6) is 0 Å². The van der Waals surface area contributed by atoms with Gasteiger partial charge in [0.25, 0.3) is 0 Å². The van der Waals surface area contributed by atoms with Crippen molar-refractivity contribution in [3.63, 3.8) is 0 Å². The molecule has 0 aliphatic carbocycles. The van der Waals surface area contributed by atoms with Crippen LogP contribution in [0.2, 0.25) is 0 Å². The highest BCUT2D eigenvalue weighted by atomic mass is 16.2. The van der Waals surface area contributed by atoms with Crippen LogP contribution >= 0.6 is 0 Å². The molecule has 2 rings (SSSR count). The van der Waals surface area contributed by atoms with Crippen molar-refractivity contribution in [1.82, 2.24) is 5.32 Å². The lowest BCUT2D eigenvalue weighted by atomic mass is 10.1. The third-order valence-corrected chi connectivity index (χ3v) is 2.46. The van der Waals surface area contributed by atoms with Crippen molar-refractivity contribution in [3.8, 4) is 0 Å². The van der Waals surface area contributed by atoms with E-state index in [1.54, 1.807) is 6.21 Å². The lowest BCUT2D eigenvalue weighted by Crippen LogP contribution is -2.39. The third kappa shape index (κ3) is 2.65. The van der Waals surface area contributed by atoms with Crippen LogP contribution in [0.1, 0.15) is 18.4 Å². The van der Waals surface area contributed by atoms with Gasteiger partial charge in [-0.15, -0.1) is 0 Å². The highest BCUT2D eigenvalue weighted by Crippen LogP contribution is 2.07. The van der Waals surface area contributed by atoms with Crippen LogP contribution in [0, 0.1) is 0 Å². The number of carbonyl (C=O) groups is 1. The van der Waals surface area contributed by atoms with Crippen molar-refractivity contribution in [2.75, 3.05) is 6.54 Å². The average molecular weight is 202 g/mol. The van der Waals surface area contributed by atoms with Crippen molar-refractivity contribution < 1.29 is 4.79 Å². The summed E-state index contributed by atoms with van der Waals surface area (Å²) in [6.45, 7) is 0.788. The molecule has 1 aliphatic rings. The first-order valence-corrected chi connectivity index (χ1v) is 5.22. The normalized spacial score (nSPS) is 21.6. The summed E-state index contributed by atoms with van der Waals surface area (Å²) in [5.74, 6) is 0.0495. The molecule has 1 N–H and O–H groups in total. The van der Waals surface area contributed by atoms with Gasteiger partial charge < -0.3 is 5.32 Å². The van der Waals surface area contributed by atoms with Crippen LogP contribution in [0.3, 0.4) is 0 Å². The molecule has 0 unspecified atom stereocenters. The number of amides is 1. The van der Waals surface area contributed by atoms with E-state index in [1.807, 2.05) is 30.3 Å². The number of nitrogens with one attached hydrogen (secondary N) is 1. The molecular weight excluding hydrogens is 188 g/mol. The van der Waals surface area contributed by atoms with E-state index in [0.717, 1.165) is 24.9 Å². The third-order valence-electron chi connectivity index (χ3n) is 2.46. The Morgan fingerprint density at radius 2 is 2.13 bits per heavy atom. The van der Waals surface area contributed by atoms with E-state index >= 15 is 0 Å².